The smallest absolute Gasteiger partial charge is 0.315 e. The molecule has 1 aromatic heterocycles. The molecule has 6 nitrogen and oxygen atoms in total. The standard InChI is InChI=1S/C18H21N3O3/c22-17(11-14-5-2-1-3-6-14)21-9-8-15(13-21)20-18(23)19-12-16-7-4-10-24-16/h1-7,10,15H,8-9,11-13H2,(H2,19,20,23)/t15-/m0/s1. The zero-order chi connectivity index (χ0) is 16.8. The molecule has 1 aliphatic rings. The van der Waals surface area contributed by atoms with Gasteiger partial charge in [0.05, 0.1) is 19.2 Å². The summed E-state index contributed by atoms with van der Waals surface area (Å²) in [6, 6.07) is 13.0. The van der Waals surface area contributed by atoms with E-state index in [-0.39, 0.29) is 18.0 Å². The first-order valence-electron chi connectivity index (χ1n) is 8.09. The maximum absolute atomic E-state index is 12.3. The summed E-state index contributed by atoms with van der Waals surface area (Å²) in [7, 11) is 0. The first kappa shape index (κ1) is 16.1. The predicted octanol–water partition coefficient (Wildman–Crippen LogP) is 1.92. The van der Waals surface area contributed by atoms with Crippen molar-refractivity contribution in [2.24, 2.45) is 0 Å². The number of hydrogen-bond donors (Lipinski definition) is 2. The lowest BCUT2D eigenvalue weighted by molar-refractivity contribution is -0.129. The molecule has 1 aliphatic heterocycles. The molecule has 6 heteroatoms. The minimum absolute atomic E-state index is 0.0127. The zero-order valence-corrected chi connectivity index (χ0v) is 13.4. The fourth-order valence-corrected chi connectivity index (χ4v) is 2.80. The van der Waals surface area contributed by atoms with Crippen molar-refractivity contribution in [3.05, 3.63) is 60.1 Å². The lowest BCUT2D eigenvalue weighted by Gasteiger charge is -2.17. The number of hydrogen-bond acceptors (Lipinski definition) is 3. The Morgan fingerprint density at radius 2 is 2.00 bits per heavy atom. The maximum Gasteiger partial charge on any atom is 0.315 e. The number of nitrogens with one attached hydrogen (secondary N) is 2. The van der Waals surface area contributed by atoms with Gasteiger partial charge in [-0.25, -0.2) is 4.79 Å². The van der Waals surface area contributed by atoms with E-state index < -0.39 is 0 Å². The molecule has 0 saturated carbocycles. The molecule has 126 valence electrons. The molecular weight excluding hydrogens is 306 g/mol. The number of urea groups is 1. The normalized spacial score (nSPS) is 16.8. The van der Waals surface area contributed by atoms with Crippen LogP contribution in [0.25, 0.3) is 0 Å². The molecule has 0 bridgehead atoms. The average molecular weight is 327 g/mol. The van der Waals surface area contributed by atoms with Crippen LogP contribution in [0.15, 0.2) is 53.1 Å². The largest absolute Gasteiger partial charge is 0.467 e. The molecule has 3 amide bonds. The van der Waals surface area contributed by atoms with Gasteiger partial charge in [0.1, 0.15) is 5.76 Å². The third-order valence-electron chi connectivity index (χ3n) is 4.08. The fourth-order valence-electron chi connectivity index (χ4n) is 2.80. The fraction of sp³-hybridized carbons (Fsp3) is 0.333. The van der Waals surface area contributed by atoms with Gasteiger partial charge in [0, 0.05) is 19.1 Å². The lowest BCUT2D eigenvalue weighted by atomic mass is 10.1. The van der Waals surface area contributed by atoms with E-state index in [0.29, 0.717) is 31.8 Å². The summed E-state index contributed by atoms with van der Waals surface area (Å²) >= 11 is 0. The Kier molecular flexibility index (Phi) is 5.15. The third kappa shape index (κ3) is 4.38. The van der Waals surface area contributed by atoms with E-state index in [1.54, 1.807) is 18.4 Å². The average Bonchev–Trinajstić information content (AvgIpc) is 3.25. The second-order valence-corrected chi connectivity index (χ2v) is 5.89. The number of nitrogens with zero attached hydrogens (tertiary/aromatic N) is 1. The first-order chi connectivity index (χ1) is 11.7. The van der Waals surface area contributed by atoms with Crippen LogP contribution in [-0.4, -0.2) is 36.0 Å². The molecule has 2 N–H and O–H groups in total. The molecule has 2 aromatic rings. The zero-order valence-electron chi connectivity index (χ0n) is 13.4. The van der Waals surface area contributed by atoms with Crippen LogP contribution >= 0.6 is 0 Å². The highest BCUT2D eigenvalue weighted by Crippen LogP contribution is 2.12. The summed E-state index contributed by atoms with van der Waals surface area (Å²) in [6.07, 6.45) is 2.75. The van der Waals surface area contributed by atoms with Crippen molar-refractivity contribution >= 4 is 11.9 Å². The van der Waals surface area contributed by atoms with E-state index in [4.69, 9.17) is 4.42 Å². The highest BCUT2D eigenvalue weighted by Gasteiger charge is 2.27. The van der Waals surface area contributed by atoms with Crippen LogP contribution in [0.5, 0.6) is 0 Å². The lowest BCUT2D eigenvalue weighted by Crippen LogP contribution is -2.43. The highest BCUT2D eigenvalue weighted by atomic mass is 16.3. The summed E-state index contributed by atoms with van der Waals surface area (Å²) in [5.41, 5.74) is 1.01. The van der Waals surface area contributed by atoms with Crippen LogP contribution in [0.4, 0.5) is 4.79 Å². The second-order valence-electron chi connectivity index (χ2n) is 5.89. The number of amides is 3. The Balaban J connectivity index is 1.41. The summed E-state index contributed by atoms with van der Waals surface area (Å²) in [6.45, 7) is 1.58. The van der Waals surface area contributed by atoms with Gasteiger partial charge in [-0.1, -0.05) is 30.3 Å². The van der Waals surface area contributed by atoms with Gasteiger partial charge in [-0.15, -0.1) is 0 Å². The van der Waals surface area contributed by atoms with Gasteiger partial charge in [-0.05, 0) is 24.1 Å². The number of furan rings is 1. The van der Waals surface area contributed by atoms with Gasteiger partial charge in [0.2, 0.25) is 5.91 Å². The molecule has 1 atom stereocenters. The van der Waals surface area contributed by atoms with Gasteiger partial charge in [0.25, 0.3) is 0 Å². The second kappa shape index (κ2) is 7.68. The van der Waals surface area contributed by atoms with Gasteiger partial charge in [-0.2, -0.15) is 0 Å². The summed E-state index contributed by atoms with van der Waals surface area (Å²) < 4.78 is 5.16. The molecule has 1 fully saturated rings. The number of likely N-dealkylation sites (tertiary alicyclic amines) is 1. The number of benzene rings is 1. The SMILES string of the molecule is O=C(NCc1ccco1)N[C@H]1CCN(C(=O)Cc2ccccc2)C1. The van der Waals surface area contributed by atoms with Crippen LogP contribution < -0.4 is 10.6 Å². The van der Waals surface area contributed by atoms with Crippen molar-refractivity contribution in [1.29, 1.82) is 0 Å². The molecule has 1 saturated heterocycles. The quantitative estimate of drug-likeness (QED) is 0.881. The van der Waals surface area contributed by atoms with Gasteiger partial charge < -0.3 is 20.0 Å². The van der Waals surface area contributed by atoms with E-state index in [1.165, 1.54) is 0 Å². The maximum atomic E-state index is 12.3. The molecule has 24 heavy (non-hydrogen) atoms. The Labute approximate surface area is 140 Å². The molecule has 0 unspecified atom stereocenters. The molecule has 0 spiro atoms. The van der Waals surface area contributed by atoms with Crippen LogP contribution in [0.3, 0.4) is 0 Å². The molecule has 0 aliphatic carbocycles. The minimum Gasteiger partial charge on any atom is -0.467 e. The van der Waals surface area contributed by atoms with E-state index in [0.717, 1.165) is 12.0 Å². The Morgan fingerprint density at radius 3 is 2.75 bits per heavy atom. The Bertz CT molecular complexity index is 670. The van der Waals surface area contributed by atoms with Crippen molar-refractivity contribution in [3.63, 3.8) is 0 Å². The molecule has 3 rings (SSSR count). The van der Waals surface area contributed by atoms with Crippen LogP contribution in [0, 0.1) is 0 Å². The van der Waals surface area contributed by atoms with Crippen molar-refractivity contribution < 1.29 is 14.0 Å². The van der Waals surface area contributed by atoms with Gasteiger partial charge in [0.15, 0.2) is 0 Å². The summed E-state index contributed by atoms with van der Waals surface area (Å²) in [5.74, 6) is 0.803. The number of rotatable bonds is 5. The van der Waals surface area contributed by atoms with Gasteiger partial charge >= 0.3 is 6.03 Å². The number of carbonyl (C=O) groups is 2. The summed E-state index contributed by atoms with van der Waals surface area (Å²) in [4.78, 5) is 26.0. The molecule has 2 heterocycles. The molecule has 0 radical (unpaired) electrons. The van der Waals surface area contributed by atoms with Crippen molar-refractivity contribution in [3.8, 4) is 0 Å². The van der Waals surface area contributed by atoms with Crippen LogP contribution in [-0.2, 0) is 17.8 Å². The van der Waals surface area contributed by atoms with Crippen molar-refractivity contribution in [1.82, 2.24) is 15.5 Å². The van der Waals surface area contributed by atoms with E-state index in [9.17, 15) is 9.59 Å². The Hall–Kier alpha value is -2.76. The van der Waals surface area contributed by atoms with Gasteiger partial charge in [-0.3, -0.25) is 4.79 Å². The van der Waals surface area contributed by atoms with E-state index in [1.807, 2.05) is 35.2 Å². The molecular formula is C18H21N3O3. The van der Waals surface area contributed by atoms with Crippen molar-refractivity contribution in [2.45, 2.75) is 25.4 Å². The third-order valence-corrected chi connectivity index (χ3v) is 4.08. The minimum atomic E-state index is -0.242. The number of carbonyl (C=O) groups excluding carboxylic acids is 2. The predicted molar refractivity (Wildman–Crippen MR) is 89.2 cm³/mol. The topological polar surface area (TPSA) is 74.6 Å². The molecule has 1 aromatic carbocycles. The van der Waals surface area contributed by atoms with Crippen LogP contribution in [0.1, 0.15) is 17.7 Å². The van der Waals surface area contributed by atoms with Crippen LogP contribution in [0.2, 0.25) is 0 Å². The Morgan fingerprint density at radius 1 is 1.17 bits per heavy atom. The first-order valence-corrected chi connectivity index (χ1v) is 8.09. The van der Waals surface area contributed by atoms with Crippen molar-refractivity contribution in [2.75, 3.05) is 13.1 Å². The van der Waals surface area contributed by atoms with E-state index in [2.05, 4.69) is 10.6 Å². The monoisotopic (exact) mass is 327 g/mol. The van der Waals surface area contributed by atoms with E-state index >= 15 is 0 Å². The summed E-state index contributed by atoms with van der Waals surface area (Å²) in [5, 5.41) is 5.65. The highest BCUT2D eigenvalue weighted by molar-refractivity contribution is 5.79.